The number of nitrogens with zero attached hydrogens (tertiary/aromatic N) is 2. The first-order valence-corrected chi connectivity index (χ1v) is 15.0. The summed E-state index contributed by atoms with van der Waals surface area (Å²) in [6, 6.07) is 11.7. The predicted molar refractivity (Wildman–Crippen MR) is 134 cm³/mol. The quantitative estimate of drug-likeness (QED) is 0.321. The maximum Gasteiger partial charge on any atom is 0.243 e. The van der Waals surface area contributed by atoms with Crippen molar-refractivity contribution in [1.29, 1.82) is 0 Å². The van der Waals surface area contributed by atoms with Gasteiger partial charge in [0.2, 0.25) is 20.0 Å². The van der Waals surface area contributed by atoms with Gasteiger partial charge in [0.15, 0.2) is 0 Å². The van der Waals surface area contributed by atoms with Gasteiger partial charge in [-0.15, -0.1) is 0 Å². The summed E-state index contributed by atoms with van der Waals surface area (Å²) in [7, 11) is -7.28. The highest BCUT2D eigenvalue weighted by Crippen LogP contribution is 2.28. The zero-order valence-electron chi connectivity index (χ0n) is 19.1. The van der Waals surface area contributed by atoms with Crippen LogP contribution >= 0.6 is 23.2 Å². The van der Waals surface area contributed by atoms with E-state index >= 15 is 0 Å². The van der Waals surface area contributed by atoms with Gasteiger partial charge in [-0.1, -0.05) is 23.2 Å². The van der Waals surface area contributed by atoms with E-state index in [0.717, 1.165) is 12.8 Å². The van der Waals surface area contributed by atoms with Gasteiger partial charge >= 0.3 is 0 Å². The number of sulfonamides is 2. The fourth-order valence-corrected chi connectivity index (χ4v) is 8.11. The van der Waals surface area contributed by atoms with Crippen LogP contribution in [0.25, 0.3) is 0 Å². The summed E-state index contributed by atoms with van der Waals surface area (Å²) in [6.07, 6.45) is 2.90. The molecule has 0 aliphatic carbocycles. The van der Waals surface area contributed by atoms with Crippen molar-refractivity contribution in [2.24, 2.45) is 0 Å². The molecule has 0 aromatic heterocycles. The second-order valence-electron chi connectivity index (χ2n) is 8.59. The largest absolute Gasteiger partial charge is 0.354 e. The van der Waals surface area contributed by atoms with Crippen molar-refractivity contribution in [2.45, 2.75) is 47.6 Å². The molecule has 12 heteroatoms. The Balaban J connectivity index is 1.27. The van der Waals surface area contributed by atoms with Gasteiger partial charge in [0, 0.05) is 35.2 Å². The fraction of sp³-hybridized carbons (Fsp3) is 0.478. The molecule has 2 aromatic carbocycles. The number of hydrogen-bond acceptors (Lipinski definition) is 6. The number of hydrogen-bond donors (Lipinski definition) is 0. The minimum absolute atomic E-state index is 0.0450. The van der Waals surface area contributed by atoms with E-state index in [0.29, 0.717) is 36.0 Å². The normalized spacial score (nSPS) is 22.1. The molecule has 0 unspecified atom stereocenters. The average molecular weight is 564 g/mol. The average Bonchev–Trinajstić information content (AvgIpc) is 3.50. The molecule has 2 heterocycles. The molecule has 0 N–H and O–H groups in total. The van der Waals surface area contributed by atoms with Crippen LogP contribution in [0.3, 0.4) is 0 Å². The maximum absolute atomic E-state index is 13.0. The summed E-state index contributed by atoms with van der Waals surface area (Å²) in [5.74, 6) is 0. The monoisotopic (exact) mass is 562 g/mol. The van der Waals surface area contributed by atoms with Crippen LogP contribution in [0.1, 0.15) is 25.7 Å². The summed E-state index contributed by atoms with van der Waals surface area (Å²) in [5, 5.41) is 0.952. The maximum atomic E-state index is 13.0. The zero-order chi connectivity index (χ0) is 25.1. The SMILES string of the molecule is O=S(=O)(c1ccc(Cl)cc1)N1CCC[C@H]1COCOC[C@@H]1CCCN1S(=O)(=O)c1ccc(Cl)cc1. The molecular formula is C23H28Cl2N2O6S2. The second kappa shape index (κ2) is 11.4. The van der Waals surface area contributed by atoms with Crippen LogP contribution in [-0.2, 0) is 29.5 Å². The van der Waals surface area contributed by atoms with E-state index < -0.39 is 20.0 Å². The first-order valence-electron chi connectivity index (χ1n) is 11.4. The van der Waals surface area contributed by atoms with E-state index in [4.69, 9.17) is 32.7 Å². The first-order chi connectivity index (χ1) is 16.7. The molecular weight excluding hydrogens is 535 g/mol. The Labute approximate surface area is 216 Å². The van der Waals surface area contributed by atoms with E-state index in [1.54, 1.807) is 24.3 Å². The van der Waals surface area contributed by atoms with Crippen molar-refractivity contribution in [3.05, 3.63) is 58.6 Å². The van der Waals surface area contributed by atoms with Gasteiger partial charge in [-0.3, -0.25) is 0 Å². The van der Waals surface area contributed by atoms with Crippen LogP contribution in [0.5, 0.6) is 0 Å². The van der Waals surface area contributed by atoms with Crippen LogP contribution in [0, 0.1) is 0 Å². The van der Waals surface area contributed by atoms with E-state index in [1.807, 2.05) is 0 Å². The van der Waals surface area contributed by atoms with Crippen molar-refractivity contribution in [3.8, 4) is 0 Å². The van der Waals surface area contributed by atoms with Gasteiger partial charge in [-0.2, -0.15) is 8.61 Å². The Bertz CT molecular complexity index is 1110. The Kier molecular flexibility index (Phi) is 8.76. The van der Waals surface area contributed by atoms with Gasteiger partial charge in [-0.05, 0) is 74.2 Å². The van der Waals surface area contributed by atoms with Crippen LogP contribution < -0.4 is 0 Å². The Hall–Kier alpha value is -1.24. The van der Waals surface area contributed by atoms with Crippen molar-refractivity contribution in [2.75, 3.05) is 33.1 Å². The molecule has 0 radical (unpaired) electrons. The highest BCUT2D eigenvalue weighted by molar-refractivity contribution is 7.89. The van der Waals surface area contributed by atoms with Crippen molar-refractivity contribution >= 4 is 43.2 Å². The van der Waals surface area contributed by atoms with Gasteiger partial charge in [0.1, 0.15) is 6.79 Å². The molecule has 2 saturated heterocycles. The molecule has 0 bridgehead atoms. The van der Waals surface area contributed by atoms with E-state index in [2.05, 4.69) is 0 Å². The van der Waals surface area contributed by atoms with Gasteiger partial charge in [0.05, 0.1) is 23.0 Å². The number of benzene rings is 2. The third-order valence-electron chi connectivity index (χ3n) is 6.27. The Morgan fingerprint density at radius 2 is 1.06 bits per heavy atom. The lowest BCUT2D eigenvalue weighted by atomic mass is 10.2. The summed E-state index contributed by atoms with van der Waals surface area (Å²) in [5.41, 5.74) is 0. The fourth-order valence-electron chi connectivity index (χ4n) is 4.50. The van der Waals surface area contributed by atoms with Crippen molar-refractivity contribution < 1.29 is 26.3 Å². The Morgan fingerprint density at radius 1 is 0.686 bits per heavy atom. The van der Waals surface area contributed by atoms with Crippen molar-refractivity contribution in [1.82, 2.24) is 8.61 Å². The summed E-state index contributed by atoms with van der Waals surface area (Å²) < 4.78 is 66.3. The lowest BCUT2D eigenvalue weighted by Gasteiger charge is -2.25. The first kappa shape index (κ1) is 26.8. The van der Waals surface area contributed by atoms with Gasteiger partial charge in [0.25, 0.3) is 0 Å². The molecule has 2 atom stereocenters. The molecule has 4 rings (SSSR count). The van der Waals surface area contributed by atoms with E-state index in [-0.39, 0.29) is 41.9 Å². The second-order valence-corrected chi connectivity index (χ2v) is 13.2. The topological polar surface area (TPSA) is 93.2 Å². The molecule has 0 amide bonds. The number of rotatable bonds is 10. The van der Waals surface area contributed by atoms with Crippen molar-refractivity contribution in [3.63, 3.8) is 0 Å². The lowest BCUT2D eigenvalue weighted by molar-refractivity contribution is -0.0707. The molecule has 2 aliphatic rings. The highest BCUT2D eigenvalue weighted by atomic mass is 35.5. The van der Waals surface area contributed by atoms with Crippen LogP contribution in [0.4, 0.5) is 0 Å². The molecule has 2 fully saturated rings. The number of ether oxygens (including phenoxy) is 2. The molecule has 0 spiro atoms. The summed E-state index contributed by atoms with van der Waals surface area (Å²) >= 11 is 11.8. The van der Waals surface area contributed by atoms with Crippen LogP contribution in [0.15, 0.2) is 58.3 Å². The predicted octanol–water partition coefficient (Wildman–Crippen LogP) is 3.99. The standard InChI is InChI=1S/C23H28Cl2N2O6S2/c24-18-5-9-22(10-6-18)34(28,29)26-13-1-3-20(26)15-32-17-33-16-21-4-2-14-27(21)35(30,31)23-11-7-19(25)8-12-23/h5-12,20-21H,1-4,13-17H2/t20-,21-/m0/s1. The highest BCUT2D eigenvalue weighted by Gasteiger charge is 2.36. The summed E-state index contributed by atoms with van der Waals surface area (Å²) in [6.45, 7) is 1.21. The summed E-state index contributed by atoms with van der Waals surface area (Å²) in [4.78, 5) is 0.404. The third kappa shape index (κ3) is 6.19. The molecule has 35 heavy (non-hydrogen) atoms. The molecule has 8 nitrogen and oxygen atoms in total. The van der Waals surface area contributed by atoms with Gasteiger partial charge < -0.3 is 9.47 Å². The van der Waals surface area contributed by atoms with Crippen LogP contribution in [-0.4, -0.2) is 70.6 Å². The molecule has 2 aromatic rings. The third-order valence-corrected chi connectivity index (χ3v) is 10.7. The zero-order valence-corrected chi connectivity index (χ0v) is 22.2. The Morgan fingerprint density at radius 3 is 1.43 bits per heavy atom. The number of halogens is 2. The molecule has 0 saturated carbocycles. The smallest absolute Gasteiger partial charge is 0.243 e. The van der Waals surface area contributed by atoms with E-state index in [1.165, 1.54) is 32.9 Å². The lowest BCUT2D eigenvalue weighted by Crippen LogP contribution is -2.39. The molecule has 2 aliphatic heterocycles. The van der Waals surface area contributed by atoms with E-state index in [9.17, 15) is 16.8 Å². The van der Waals surface area contributed by atoms with Gasteiger partial charge in [-0.25, -0.2) is 16.8 Å². The minimum atomic E-state index is -3.64. The van der Waals surface area contributed by atoms with Crippen LogP contribution in [0.2, 0.25) is 10.0 Å². The minimum Gasteiger partial charge on any atom is -0.354 e. The molecule has 192 valence electrons.